The van der Waals surface area contributed by atoms with E-state index in [-0.39, 0.29) is 0 Å². The first-order chi connectivity index (χ1) is 7.60. The number of carboxylic acids is 1. The lowest BCUT2D eigenvalue weighted by molar-refractivity contribution is -0.151. The van der Waals surface area contributed by atoms with Gasteiger partial charge in [-0.05, 0) is 38.6 Å². The molecule has 2 aliphatic rings. The van der Waals surface area contributed by atoms with Crippen LogP contribution in [0.5, 0.6) is 0 Å². The van der Waals surface area contributed by atoms with Crippen molar-refractivity contribution in [2.75, 3.05) is 32.8 Å². The van der Waals surface area contributed by atoms with Gasteiger partial charge in [-0.15, -0.1) is 0 Å². The zero-order chi connectivity index (χ0) is 11.6. The van der Waals surface area contributed by atoms with Gasteiger partial charge in [0.15, 0.2) is 0 Å². The summed E-state index contributed by atoms with van der Waals surface area (Å²) in [6.07, 6.45) is 2.93. The average Bonchev–Trinajstić information content (AvgIpc) is 2.70. The van der Waals surface area contributed by atoms with E-state index in [0.717, 1.165) is 45.6 Å². The van der Waals surface area contributed by atoms with Crippen molar-refractivity contribution in [2.24, 2.45) is 11.3 Å². The molecule has 4 nitrogen and oxygen atoms in total. The van der Waals surface area contributed by atoms with Gasteiger partial charge in [0.1, 0.15) is 0 Å². The quantitative estimate of drug-likeness (QED) is 0.787. The SMILES string of the molecule is CC1(C(=O)O)CCCN(CC2CCOC2)C1. The zero-order valence-corrected chi connectivity index (χ0v) is 9.95. The maximum absolute atomic E-state index is 11.2. The number of carboxylic acid groups (broad SMARTS) is 1. The Kier molecular flexibility index (Phi) is 3.50. The molecule has 2 rings (SSSR count). The van der Waals surface area contributed by atoms with E-state index in [9.17, 15) is 9.90 Å². The molecule has 0 saturated carbocycles. The van der Waals surface area contributed by atoms with Crippen LogP contribution in [0.2, 0.25) is 0 Å². The van der Waals surface area contributed by atoms with Gasteiger partial charge < -0.3 is 14.7 Å². The first kappa shape index (κ1) is 11.9. The first-order valence-electron chi connectivity index (χ1n) is 6.14. The van der Waals surface area contributed by atoms with Crippen LogP contribution in [0.3, 0.4) is 0 Å². The predicted octanol–water partition coefficient (Wildman–Crippen LogP) is 1.21. The molecule has 2 heterocycles. The van der Waals surface area contributed by atoms with Gasteiger partial charge in [0.05, 0.1) is 12.0 Å². The van der Waals surface area contributed by atoms with E-state index in [1.54, 1.807) is 0 Å². The lowest BCUT2D eigenvalue weighted by Crippen LogP contribution is -2.47. The van der Waals surface area contributed by atoms with E-state index in [1.165, 1.54) is 0 Å². The van der Waals surface area contributed by atoms with E-state index in [1.807, 2.05) is 6.92 Å². The van der Waals surface area contributed by atoms with Gasteiger partial charge in [-0.3, -0.25) is 4.79 Å². The molecule has 16 heavy (non-hydrogen) atoms. The molecule has 2 saturated heterocycles. The number of ether oxygens (including phenoxy) is 1. The van der Waals surface area contributed by atoms with E-state index in [0.29, 0.717) is 12.5 Å². The molecule has 0 aliphatic carbocycles. The predicted molar refractivity (Wildman–Crippen MR) is 60.3 cm³/mol. The highest BCUT2D eigenvalue weighted by atomic mass is 16.5. The van der Waals surface area contributed by atoms with Crippen molar-refractivity contribution in [3.05, 3.63) is 0 Å². The summed E-state index contributed by atoms with van der Waals surface area (Å²) in [5.74, 6) is -0.0454. The van der Waals surface area contributed by atoms with Crippen molar-refractivity contribution < 1.29 is 14.6 Å². The van der Waals surface area contributed by atoms with Crippen LogP contribution in [0.25, 0.3) is 0 Å². The molecule has 2 aliphatic heterocycles. The summed E-state index contributed by atoms with van der Waals surface area (Å²) in [7, 11) is 0. The van der Waals surface area contributed by atoms with Crippen molar-refractivity contribution in [1.82, 2.24) is 4.90 Å². The second-order valence-electron chi connectivity index (χ2n) is 5.43. The van der Waals surface area contributed by atoms with Crippen LogP contribution in [-0.2, 0) is 9.53 Å². The Hall–Kier alpha value is -0.610. The van der Waals surface area contributed by atoms with E-state index < -0.39 is 11.4 Å². The number of rotatable bonds is 3. The molecular formula is C12H21NO3. The monoisotopic (exact) mass is 227 g/mol. The summed E-state index contributed by atoms with van der Waals surface area (Å²) in [5.41, 5.74) is -0.544. The number of piperidine rings is 1. The summed E-state index contributed by atoms with van der Waals surface area (Å²) in [6.45, 7) is 6.32. The Balaban J connectivity index is 1.88. The second kappa shape index (κ2) is 4.72. The fourth-order valence-electron chi connectivity index (χ4n) is 2.77. The van der Waals surface area contributed by atoms with Crippen molar-refractivity contribution in [2.45, 2.75) is 26.2 Å². The van der Waals surface area contributed by atoms with Crippen LogP contribution >= 0.6 is 0 Å². The van der Waals surface area contributed by atoms with Crippen LogP contribution in [-0.4, -0.2) is 48.8 Å². The molecule has 0 aromatic rings. The van der Waals surface area contributed by atoms with Crippen molar-refractivity contribution in [3.63, 3.8) is 0 Å². The maximum Gasteiger partial charge on any atom is 0.310 e. The minimum atomic E-state index is -0.653. The summed E-state index contributed by atoms with van der Waals surface area (Å²) >= 11 is 0. The van der Waals surface area contributed by atoms with Crippen molar-refractivity contribution in [1.29, 1.82) is 0 Å². The second-order valence-corrected chi connectivity index (χ2v) is 5.43. The summed E-state index contributed by atoms with van der Waals surface area (Å²) < 4.78 is 5.36. The molecule has 0 radical (unpaired) electrons. The standard InChI is InChI=1S/C12H21NO3/c1-12(11(14)15)4-2-5-13(9-12)7-10-3-6-16-8-10/h10H,2-9H2,1H3,(H,14,15). The Morgan fingerprint density at radius 2 is 2.44 bits per heavy atom. The molecule has 92 valence electrons. The molecule has 2 unspecified atom stereocenters. The van der Waals surface area contributed by atoms with Gasteiger partial charge in [-0.1, -0.05) is 0 Å². The van der Waals surface area contributed by atoms with Crippen LogP contribution in [0.15, 0.2) is 0 Å². The fraction of sp³-hybridized carbons (Fsp3) is 0.917. The molecule has 2 fully saturated rings. The molecule has 1 N–H and O–H groups in total. The third kappa shape index (κ3) is 2.55. The van der Waals surface area contributed by atoms with Crippen LogP contribution in [0, 0.1) is 11.3 Å². The van der Waals surface area contributed by atoms with Gasteiger partial charge in [0.25, 0.3) is 0 Å². The number of hydrogen-bond acceptors (Lipinski definition) is 3. The Labute approximate surface area is 96.6 Å². The molecule has 2 atom stereocenters. The number of hydrogen-bond donors (Lipinski definition) is 1. The Bertz CT molecular complexity index is 263. The van der Waals surface area contributed by atoms with Crippen molar-refractivity contribution in [3.8, 4) is 0 Å². The summed E-state index contributed by atoms with van der Waals surface area (Å²) in [6, 6.07) is 0. The third-order valence-electron chi connectivity index (χ3n) is 3.83. The highest BCUT2D eigenvalue weighted by Crippen LogP contribution is 2.30. The highest BCUT2D eigenvalue weighted by Gasteiger charge is 2.38. The van der Waals surface area contributed by atoms with Gasteiger partial charge in [0, 0.05) is 19.7 Å². The minimum absolute atomic E-state index is 0.544. The largest absolute Gasteiger partial charge is 0.481 e. The fourth-order valence-corrected chi connectivity index (χ4v) is 2.77. The lowest BCUT2D eigenvalue weighted by atomic mass is 9.82. The Morgan fingerprint density at radius 3 is 3.06 bits per heavy atom. The minimum Gasteiger partial charge on any atom is -0.481 e. The average molecular weight is 227 g/mol. The highest BCUT2D eigenvalue weighted by molar-refractivity contribution is 5.74. The first-order valence-corrected chi connectivity index (χ1v) is 6.14. The number of likely N-dealkylation sites (tertiary alicyclic amines) is 1. The maximum atomic E-state index is 11.2. The molecule has 0 bridgehead atoms. The number of nitrogens with zero attached hydrogens (tertiary/aromatic N) is 1. The Morgan fingerprint density at radius 1 is 1.62 bits per heavy atom. The molecule has 0 spiro atoms. The van der Waals surface area contributed by atoms with Gasteiger partial charge in [-0.25, -0.2) is 0 Å². The normalized spacial score (nSPS) is 36.4. The van der Waals surface area contributed by atoms with Crippen molar-refractivity contribution >= 4 is 5.97 Å². The molecule has 0 amide bonds. The molecular weight excluding hydrogens is 206 g/mol. The number of aliphatic carboxylic acids is 1. The van der Waals surface area contributed by atoms with E-state index in [4.69, 9.17) is 4.74 Å². The topological polar surface area (TPSA) is 49.8 Å². The van der Waals surface area contributed by atoms with Gasteiger partial charge >= 0.3 is 5.97 Å². The third-order valence-corrected chi connectivity index (χ3v) is 3.83. The zero-order valence-electron chi connectivity index (χ0n) is 9.95. The van der Waals surface area contributed by atoms with E-state index >= 15 is 0 Å². The number of carbonyl (C=O) groups is 1. The smallest absolute Gasteiger partial charge is 0.310 e. The van der Waals surface area contributed by atoms with E-state index in [2.05, 4.69) is 4.90 Å². The molecule has 0 aromatic carbocycles. The molecule has 4 heteroatoms. The van der Waals surface area contributed by atoms with Crippen LogP contribution in [0.1, 0.15) is 26.2 Å². The van der Waals surface area contributed by atoms with Crippen LogP contribution < -0.4 is 0 Å². The summed E-state index contributed by atoms with van der Waals surface area (Å²) in [4.78, 5) is 13.5. The van der Waals surface area contributed by atoms with Crippen LogP contribution in [0.4, 0.5) is 0 Å². The van der Waals surface area contributed by atoms with Gasteiger partial charge in [0.2, 0.25) is 0 Å². The lowest BCUT2D eigenvalue weighted by Gasteiger charge is -2.38. The van der Waals surface area contributed by atoms with Gasteiger partial charge in [-0.2, -0.15) is 0 Å². The summed E-state index contributed by atoms with van der Waals surface area (Å²) in [5, 5.41) is 9.22. The molecule has 0 aromatic heterocycles.